The number of para-hydroxylation sites is 2. The Kier molecular flexibility index (Phi) is 4.75. The molecule has 0 saturated heterocycles. The van der Waals surface area contributed by atoms with Gasteiger partial charge in [-0.1, -0.05) is 41.9 Å². The zero-order chi connectivity index (χ0) is 21.6. The molecule has 3 aromatic carbocycles. The van der Waals surface area contributed by atoms with Crippen LogP contribution < -0.4 is 9.21 Å². The molecule has 0 amide bonds. The van der Waals surface area contributed by atoms with Crippen molar-refractivity contribution in [2.45, 2.75) is 11.4 Å². The molecule has 0 aliphatic carbocycles. The highest BCUT2D eigenvalue weighted by Gasteiger charge is 2.38. The molecule has 2 heterocycles. The molecule has 1 aliphatic rings. The van der Waals surface area contributed by atoms with Crippen LogP contribution >= 0.6 is 11.6 Å². The maximum Gasteiger partial charge on any atom is 0.267 e. The molecule has 9 heteroatoms. The van der Waals surface area contributed by atoms with Gasteiger partial charge >= 0.3 is 0 Å². The highest BCUT2D eigenvalue weighted by Crippen LogP contribution is 2.38. The second kappa shape index (κ2) is 7.47. The molecular weight excluding hydrogens is 439 g/mol. The van der Waals surface area contributed by atoms with Gasteiger partial charge in [0.2, 0.25) is 0 Å². The Morgan fingerprint density at radius 1 is 0.903 bits per heavy atom. The molecule has 0 radical (unpaired) electrons. The minimum atomic E-state index is -3.93. The van der Waals surface area contributed by atoms with Gasteiger partial charge in [0.05, 0.1) is 15.9 Å². The van der Waals surface area contributed by atoms with Gasteiger partial charge < -0.3 is 4.90 Å². The van der Waals surface area contributed by atoms with Crippen molar-refractivity contribution in [2.75, 3.05) is 15.9 Å². The van der Waals surface area contributed by atoms with E-state index in [1.807, 2.05) is 23.1 Å². The summed E-state index contributed by atoms with van der Waals surface area (Å²) in [5, 5.41) is 0.327. The molecule has 1 aromatic heterocycles. The fourth-order valence-corrected chi connectivity index (χ4v) is 5.21. The maximum atomic E-state index is 13.5. The number of benzene rings is 3. The van der Waals surface area contributed by atoms with Gasteiger partial charge in [-0.3, -0.25) is 0 Å². The summed E-state index contributed by atoms with van der Waals surface area (Å²) in [5.74, 6) is 0.371. The van der Waals surface area contributed by atoms with E-state index in [9.17, 15) is 12.8 Å². The lowest BCUT2D eigenvalue weighted by atomic mass is 10.2. The Hall–Kier alpha value is -3.23. The largest absolute Gasteiger partial charge is 0.330 e. The van der Waals surface area contributed by atoms with Gasteiger partial charge in [-0.2, -0.15) is 0 Å². The van der Waals surface area contributed by atoms with E-state index in [0.717, 1.165) is 5.56 Å². The molecule has 0 spiro atoms. The van der Waals surface area contributed by atoms with Crippen LogP contribution in [0.3, 0.4) is 0 Å². The van der Waals surface area contributed by atoms with Crippen molar-refractivity contribution in [1.29, 1.82) is 0 Å². The molecule has 0 N–H and O–H groups in total. The number of rotatable bonds is 4. The molecule has 5 rings (SSSR count). The number of anilines is 2. The van der Waals surface area contributed by atoms with E-state index in [1.54, 1.807) is 30.3 Å². The van der Waals surface area contributed by atoms with Crippen LogP contribution in [0.5, 0.6) is 0 Å². The molecule has 156 valence electrons. The summed E-state index contributed by atoms with van der Waals surface area (Å²) < 4.78 is 41.5. The fraction of sp³-hybridized carbons (Fsp3) is 0.0909. The van der Waals surface area contributed by atoms with Gasteiger partial charge in [-0.05, 0) is 48.0 Å². The van der Waals surface area contributed by atoms with E-state index in [-0.39, 0.29) is 23.2 Å². The van der Waals surface area contributed by atoms with Crippen molar-refractivity contribution >= 4 is 44.3 Å². The normalized spacial score (nSPS) is 13.6. The van der Waals surface area contributed by atoms with Gasteiger partial charge in [0, 0.05) is 11.6 Å². The predicted molar refractivity (Wildman–Crippen MR) is 118 cm³/mol. The lowest BCUT2D eigenvalue weighted by molar-refractivity contribution is 0.590. The number of hydrogen-bond acceptors (Lipinski definition) is 5. The zero-order valence-electron chi connectivity index (χ0n) is 16.1. The van der Waals surface area contributed by atoms with Crippen molar-refractivity contribution in [3.05, 3.63) is 89.2 Å². The second-order valence-electron chi connectivity index (χ2n) is 7.14. The van der Waals surface area contributed by atoms with Crippen LogP contribution in [0.4, 0.5) is 16.0 Å². The number of halogens is 2. The lowest BCUT2D eigenvalue weighted by Crippen LogP contribution is -2.35. The third-order valence-electron chi connectivity index (χ3n) is 5.04. The number of aromatic nitrogens is 2. The number of hydrogen-bond donors (Lipinski definition) is 0. The van der Waals surface area contributed by atoms with E-state index in [4.69, 9.17) is 11.6 Å². The molecular formula is C22H16ClFN4O2S. The van der Waals surface area contributed by atoms with Crippen LogP contribution in [0.15, 0.2) is 77.7 Å². The van der Waals surface area contributed by atoms with Crippen LogP contribution in [0.2, 0.25) is 5.02 Å². The minimum absolute atomic E-state index is 0.0257. The maximum absolute atomic E-state index is 13.5. The van der Waals surface area contributed by atoms with Crippen molar-refractivity contribution in [3.63, 3.8) is 0 Å². The molecule has 1 aliphatic heterocycles. The third-order valence-corrected chi connectivity index (χ3v) is 6.99. The van der Waals surface area contributed by atoms with Crippen molar-refractivity contribution in [3.8, 4) is 0 Å². The van der Waals surface area contributed by atoms with Gasteiger partial charge in [-0.25, -0.2) is 27.1 Å². The van der Waals surface area contributed by atoms with E-state index >= 15 is 0 Å². The van der Waals surface area contributed by atoms with Crippen LogP contribution in [0.1, 0.15) is 5.56 Å². The lowest BCUT2D eigenvalue weighted by Gasteiger charge is -2.20. The molecule has 0 fully saturated rings. The van der Waals surface area contributed by atoms with Crippen molar-refractivity contribution < 1.29 is 12.8 Å². The highest BCUT2D eigenvalue weighted by atomic mass is 35.5. The fourth-order valence-electron chi connectivity index (χ4n) is 3.53. The Balaban J connectivity index is 1.62. The monoisotopic (exact) mass is 454 g/mol. The van der Waals surface area contributed by atoms with Crippen molar-refractivity contribution in [1.82, 2.24) is 9.97 Å². The predicted octanol–water partition coefficient (Wildman–Crippen LogP) is 4.60. The molecule has 0 unspecified atom stereocenters. The third kappa shape index (κ3) is 3.58. The van der Waals surface area contributed by atoms with E-state index < -0.39 is 10.0 Å². The first-order valence-electron chi connectivity index (χ1n) is 9.46. The Morgan fingerprint density at radius 2 is 1.58 bits per heavy atom. The summed E-state index contributed by atoms with van der Waals surface area (Å²) in [6.45, 7) is 0.375. The molecule has 0 atom stereocenters. The summed E-state index contributed by atoms with van der Waals surface area (Å²) >= 11 is 6.03. The Morgan fingerprint density at radius 3 is 2.26 bits per heavy atom. The van der Waals surface area contributed by atoms with Crippen LogP contribution in [0, 0.1) is 5.82 Å². The standard InChI is InChI=1S/C22H16ClFN4O2S/c23-16-4-3-5-18(12-16)31(29,30)28-14-27(13-15-8-10-17(24)11-9-15)21-22(28)26-20-7-2-1-6-19(20)25-21/h1-12H,13-14H2. The van der Waals surface area contributed by atoms with Gasteiger partial charge in [-0.15, -0.1) is 0 Å². The molecule has 0 saturated carbocycles. The first kappa shape index (κ1) is 19.7. The molecule has 31 heavy (non-hydrogen) atoms. The SMILES string of the molecule is O=S(=O)(c1cccc(Cl)c1)N1CN(Cc2ccc(F)cc2)c2nc3ccccc3nc21. The first-order valence-corrected chi connectivity index (χ1v) is 11.3. The summed E-state index contributed by atoms with van der Waals surface area (Å²) in [6, 6.07) is 19.5. The quantitative estimate of drug-likeness (QED) is 0.451. The smallest absolute Gasteiger partial charge is 0.267 e. The van der Waals surface area contributed by atoms with Gasteiger partial charge in [0.25, 0.3) is 10.0 Å². The van der Waals surface area contributed by atoms with E-state index in [1.165, 1.54) is 28.6 Å². The van der Waals surface area contributed by atoms with E-state index in [2.05, 4.69) is 9.97 Å². The van der Waals surface area contributed by atoms with Crippen LogP contribution in [-0.4, -0.2) is 25.1 Å². The number of nitrogens with zero attached hydrogens (tertiary/aromatic N) is 4. The summed E-state index contributed by atoms with van der Waals surface area (Å²) in [6.07, 6.45) is 0. The topological polar surface area (TPSA) is 66.4 Å². The van der Waals surface area contributed by atoms with Gasteiger partial charge in [0.15, 0.2) is 11.6 Å². The van der Waals surface area contributed by atoms with Crippen LogP contribution in [0.25, 0.3) is 11.0 Å². The Labute approximate surface area is 183 Å². The van der Waals surface area contributed by atoms with Gasteiger partial charge in [0.1, 0.15) is 12.5 Å². The van der Waals surface area contributed by atoms with Crippen molar-refractivity contribution in [2.24, 2.45) is 0 Å². The average Bonchev–Trinajstić information content (AvgIpc) is 3.12. The Bertz CT molecular complexity index is 1400. The van der Waals surface area contributed by atoms with Crippen LogP contribution in [-0.2, 0) is 16.6 Å². The second-order valence-corrected chi connectivity index (χ2v) is 9.44. The summed E-state index contributed by atoms with van der Waals surface area (Å²) in [4.78, 5) is 11.2. The molecule has 4 aromatic rings. The molecule has 0 bridgehead atoms. The molecule has 6 nitrogen and oxygen atoms in total. The first-order chi connectivity index (χ1) is 14.9. The zero-order valence-corrected chi connectivity index (χ0v) is 17.7. The number of sulfonamides is 1. The van der Waals surface area contributed by atoms with E-state index in [0.29, 0.717) is 28.4 Å². The number of fused-ring (bicyclic) bond motifs is 2. The summed E-state index contributed by atoms with van der Waals surface area (Å²) in [7, 11) is -3.93. The minimum Gasteiger partial charge on any atom is -0.330 e. The summed E-state index contributed by atoms with van der Waals surface area (Å²) in [5.41, 5.74) is 2.08. The highest BCUT2D eigenvalue weighted by molar-refractivity contribution is 7.92. The average molecular weight is 455 g/mol.